The monoisotopic (exact) mass is 251 g/mol. The van der Waals surface area contributed by atoms with Crippen molar-refractivity contribution in [1.29, 1.82) is 0 Å². The minimum atomic E-state index is -4.59. The van der Waals surface area contributed by atoms with Crippen LogP contribution in [0.2, 0.25) is 0 Å². The van der Waals surface area contributed by atoms with E-state index in [9.17, 15) is 18.0 Å². The van der Waals surface area contributed by atoms with Crippen molar-refractivity contribution in [2.24, 2.45) is 0 Å². The van der Waals surface area contributed by atoms with Gasteiger partial charge in [0.05, 0.1) is 5.56 Å². The van der Waals surface area contributed by atoms with Crippen molar-refractivity contribution < 1.29 is 18.0 Å². The van der Waals surface area contributed by atoms with Crippen LogP contribution in [-0.4, -0.2) is 11.3 Å². The van der Waals surface area contributed by atoms with Crippen LogP contribution in [0, 0.1) is 0 Å². The number of halogens is 3. The van der Waals surface area contributed by atoms with Crippen molar-refractivity contribution in [2.75, 3.05) is 0 Å². The largest absolute Gasteiger partial charge is 0.417 e. The molecule has 0 bridgehead atoms. The molecule has 0 aliphatic heterocycles. The summed E-state index contributed by atoms with van der Waals surface area (Å²) in [5.74, 6) is 0. The first-order valence-electron chi connectivity index (χ1n) is 5.10. The van der Waals surface area contributed by atoms with Gasteiger partial charge in [-0.05, 0) is 5.56 Å². The maximum Gasteiger partial charge on any atom is 0.417 e. The molecule has 18 heavy (non-hydrogen) atoms. The van der Waals surface area contributed by atoms with Gasteiger partial charge in [0.1, 0.15) is 0 Å². The first-order chi connectivity index (χ1) is 8.54. The molecule has 0 aliphatic carbocycles. The Bertz CT molecular complexity index is 564. The van der Waals surface area contributed by atoms with Gasteiger partial charge in [-0.3, -0.25) is 9.78 Å². The molecule has 0 saturated heterocycles. The van der Waals surface area contributed by atoms with E-state index in [1.54, 1.807) is 30.3 Å². The Morgan fingerprint density at radius 2 is 1.72 bits per heavy atom. The number of aldehydes is 1. The zero-order valence-electron chi connectivity index (χ0n) is 9.11. The highest BCUT2D eigenvalue weighted by atomic mass is 19.4. The lowest BCUT2D eigenvalue weighted by atomic mass is 9.98. The predicted molar refractivity (Wildman–Crippen MR) is 60.1 cm³/mol. The number of hydrogen-bond acceptors (Lipinski definition) is 2. The van der Waals surface area contributed by atoms with Crippen LogP contribution in [0.15, 0.2) is 42.7 Å². The fourth-order valence-electron chi connectivity index (χ4n) is 1.72. The van der Waals surface area contributed by atoms with Gasteiger partial charge >= 0.3 is 6.18 Å². The Hall–Kier alpha value is -2.17. The Labute approximate surface area is 101 Å². The maximum atomic E-state index is 13.0. The minimum Gasteiger partial charge on any atom is -0.298 e. The third-order valence-electron chi connectivity index (χ3n) is 2.47. The molecule has 0 unspecified atom stereocenters. The molecular formula is C13H8F3NO. The first kappa shape index (κ1) is 12.3. The summed E-state index contributed by atoms with van der Waals surface area (Å²) in [7, 11) is 0. The summed E-state index contributed by atoms with van der Waals surface area (Å²) in [5.41, 5.74) is -1.11. The lowest BCUT2D eigenvalue weighted by Gasteiger charge is -2.14. The van der Waals surface area contributed by atoms with E-state index in [0.717, 1.165) is 12.4 Å². The summed E-state index contributed by atoms with van der Waals surface area (Å²) in [4.78, 5) is 14.4. The number of alkyl halides is 3. The van der Waals surface area contributed by atoms with E-state index >= 15 is 0 Å². The third-order valence-corrected chi connectivity index (χ3v) is 2.47. The molecule has 2 aromatic rings. The molecule has 0 N–H and O–H groups in total. The van der Waals surface area contributed by atoms with E-state index in [1.165, 1.54) is 0 Å². The smallest absolute Gasteiger partial charge is 0.298 e. The van der Waals surface area contributed by atoms with E-state index in [-0.39, 0.29) is 11.8 Å². The molecule has 0 fully saturated rings. The quantitative estimate of drug-likeness (QED) is 0.763. The van der Waals surface area contributed by atoms with Gasteiger partial charge in [-0.1, -0.05) is 30.3 Å². The van der Waals surface area contributed by atoms with Crippen LogP contribution in [0.1, 0.15) is 15.9 Å². The van der Waals surface area contributed by atoms with Crippen LogP contribution in [-0.2, 0) is 6.18 Å². The number of hydrogen-bond donors (Lipinski definition) is 0. The Morgan fingerprint density at radius 1 is 1.06 bits per heavy atom. The van der Waals surface area contributed by atoms with Gasteiger partial charge in [0.15, 0.2) is 6.29 Å². The van der Waals surface area contributed by atoms with Crippen molar-refractivity contribution in [3.8, 4) is 11.1 Å². The normalized spacial score (nSPS) is 11.3. The number of rotatable bonds is 2. The molecular weight excluding hydrogens is 243 g/mol. The SMILES string of the molecule is O=Cc1cncc(-c2ccccc2)c1C(F)(F)F. The second-order valence-corrected chi connectivity index (χ2v) is 3.63. The van der Waals surface area contributed by atoms with E-state index in [4.69, 9.17) is 0 Å². The lowest BCUT2D eigenvalue weighted by Crippen LogP contribution is -2.11. The molecule has 1 aromatic carbocycles. The van der Waals surface area contributed by atoms with Crippen molar-refractivity contribution in [2.45, 2.75) is 6.18 Å². The highest BCUT2D eigenvalue weighted by Crippen LogP contribution is 2.38. The Kier molecular flexibility index (Phi) is 3.14. The van der Waals surface area contributed by atoms with Crippen molar-refractivity contribution in [3.05, 3.63) is 53.9 Å². The van der Waals surface area contributed by atoms with Crippen LogP contribution in [0.4, 0.5) is 13.2 Å². The number of pyridine rings is 1. The average molecular weight is 251 g/mol. The van der Waals surface area contributed by atoms with Crippen molar-refractivity contribution in [1.82, 2.24) is 4.98 Å². The molecule has 1 heterocycles. The summed E-state index contributed by atoms with van der Waals surface area (Å²) >= 11 is 0. The molecule has 0 amide bonds. The zero-order chi connectivity index (χ0) is 13.2. The molecule has 92 valence electrons. The zero-order valence-corrected chi connectivity index (χ0v) is 9.11. The summed E-state index contributed by atoms with van der Waals surface area (Å²) in [6.07, 6.45) is -2.39. The number of carbonyl (C=O) groups excluding carboxylic acids is 1. The summed E-state index contributed by atoms with van der Waals surface area (Å²) in [5, 5.41) is 0. The topological polar surface area (TPSA) is 30.0 Å². The van der Waals surface area contributed by atoms with Crippen LogP contribution in [0.5, 0.6) is 0 Å². The van der Waals surface area contributed by atoms with Crippen LogP contribution < -0.4 is 0 Å². The number of nitrogens with zero attached hydrogens (tertiary/aromatic N) is 1. The van der Waals surface area contributed by atoms with Crippen LogP contribution in [0.3, 0.4) is 0 Å². The lowest BCUT2D eigenvalue weighted by molar-refractivity contribution is -0.137. The molecule has 2 rings (SSSR count). The van der Waals surface area contributed by atoms with E-state index in [2.05, 4.69) is 4.98 Å². The average Bonchev–Trinajstić information content (AvgIpc) is 2.38. The molecule has 0 spiro atoms. The summed E-state index contributed by atoms with van der Waals surface area (Å²) in [6.45, 7) is 0. The van der Waals surface area contributed by atoms with Gasteiger partial charge in [-0.2, -0.15) is 13.2 Å². The second kappa shape index (κ2) is 4.60. The van der Waals surface area contributed by atoms with Gasteiger partial charge in [-0.15, -0.1) is 0 Å². The minimum absolute atomic E-state index is 0.0901. The molecule has 2 nitrogen and oxygen atoms in total. The van der Waals surface area contributed by atoms with Gasteiger partial charge in [0, 0.05) is 23.5 Å². The number of benzene rings is 1. The molecule has 0 atom stereocenters. The fraction of sp³-hybridized carbons (Fsp3) is 0.0769. The number of aromatic nitrogens is 1. The van der Waals surface area contributed by atoms with Crippen LogP contribution >= 0.6 is 0 Å². The molecule has 1 aromatic heterocycles. The third kappa shape index (κ3) is 2.25. The molecule has 0 radical (unpaired) electrons. The van der Waals surface area contributed by atoms with E-state index in [1.807, 2.05) is 0 Å². The van der Waals surface area contributed by atoms with Gasteiger partial charge in [-0.25, -0.2) is 0 Å². The fourth-order valence-corrected chi connectivity index (χ4v) is 1.72. The second-order valence-electron chi connectivity index (χ2n) is 3.63. The van der Waals surface area contributed by atoms with Crippen LogP contribution in [0.25, 0.3) is 11.1 Å². The van der Waals surface area contributed by atoms with Crippen molar-refractivity contribution in [3.63, 3.8) is 0 Å². The number of carbonyl (C=O) groups is 1. The summed E-state index contributed by atoms with van der Waals surface area (Å²) < 4.78 is 39.0. The first-order valence-corrected chi connectivity index (χ1v) is 5.10. The molecule has 0 saturated carbocycles. The summed E-state index contributed by atoms with van der Waals surface area (Å²) in [6, 6.07) is 8.04. The Balaban J connectivity index is 2.72. The van der Waals surface area contributed by atoms with E-state index < -0.39 is 17.3 Å². The van der Waals surface area contributed by atoms with Crippen molar-refractivity contribution >= 4 is 6.29 Å². The highest BCUT2D eigenvalue weighted by molar-refractivity contribution is 5.82. The van der Waals surface area contributed by atoms with Gasteiger partial charge in [0.25, 0.3) is 0 Å². The van der Waals surface area contributed by atoms with Gasteiger partial charge in [0.2, 0.25) is 0 Å². The predicted octanol–water partition coefficient (Wildman–Crippen LogP) is 3.58. The molecule has 0 aliphatic rings. The van der Waals surface area contributed by atoms with Gasteiger partial charge < -0.3 is 0 Å². The molecule has 5 heteroatoms. The maximum absolute atomic E-state index is 13.0. The standard InChI is InChI=1S/C13H8F3NO/c14-13(15,16)12-10(8-18)6-17-7-11(12)9-4-2-1-3-5-9/h1-8H. The van der Waals surface area contributed by atoms with E-state index in [0.29, 0.717) is 5.56 Å². The Morgan fingerprint density at radius 3 is 2.28 bits per heavy atom. The highest BCUT2D eigenvalue weighted by Gasteiger charge is 2.36.